The smallest absolute Gasteiger partial charge is 0.237 e. The van der Waals surface area contributed by atoms with Crippen LogP contribution in [-0.4, -0.2) is 29.2 Å². The molecule has 0 saturated heterocycles. The number of amides is 1. The van der Waals surface area contributed by atoms with Crippen molar-refractivity contribution >= 4 is 5.91 Å². The third kappa shape index (κ3) is 3.27. The van der Waals surface area contributed by atoms with Gasteiger partial charge in [0.1, 0.15) is 0 Å². The van der Waals surface area contributed by atoms with Crippen molar-refractivity contribution in [3.8, 4) is 0 Å². The maximum atomic E-state index is 11.5. The first-order valence-electron chi connectivity index (χ1n) is 5.23. The van der Waals surface area contributed by atoms with Crippen LogP contribution in [0.2, 0.25) is 0 Å². The third-order valence-corrected chi connectivity index (χ3v) is 2.82. The van der Waals surface area contributed by atoms with Gasteiger partial charge in [0.15, 0.2) is 0 Å². The van der Waals surface area contributed by atoms with Gasteiger partial charge in [-0.1, -0.05) is 20.8 Å². The summed E-state index contributed by atoms with van der Waals surface area (Å²) in [6.07, 6.45) is 2.03. The van der Waals surface area contributed by atoms with Gasteiger partial charge in [0.25, 0.3) is 0 Å². The van der Waals surface area contributed by atoms with E-state index in [1.54, 1.807) is 0 Å². The second-order valence-corrected chi connectivity index (χ2v) is 3.65. The summed E-state index contributed by atoms with van der Waals surface area (Å²) in [5.74, 6) is -0.176. The highest BCUT2D eigenvalue weighted by atomic mass is 16.3. The Kier molecular flexibility index (Phi) is 5.72. The van der Waals surface area contributed by atoms with Crippen molar-refractivity contribution in [1.82, 2.24) is 5.32 Å². The van der Waals surface area contributed by atoms with Crippen molar-refractivity contribution in [3.63, 3.8) is 0 Å². The van der Waals surface area contributed by atoms with Gasteiger partial charge < -0.3 is 16.2 Å². The van der Waals surface area contributed by atoms with Gasteiger partial charge in [0.2, 0.25) is 5.91 Å². The lowest BCUT2D eigenvalue weighted by atomic mass is 9.93. The zero-order valence-electron chi connectivity index (χ0n) is 9.34. The molecule has 0 heterocycles. The predicted molar refractivity (Wildman–Crippen MR) is 56.8 cm³/mol. The van der Waals surface area contributed by atoms with Crippen molar-refractivity contribution in [1.29, 1.82) is 0 Å². The first-order valence-corrected chi connectivity index (χ1v) is 5.23. The van der Waals surface area contributed by atoms with Crippen molar-refractivity contribution < 1.29 is 9.90 Å². The number of aliphatic hydroxyl groups excluding tert-OH is 1. The average Bonchev–Trinajstić information content (AvgIpc) is 2.24. The summed E-state index contributed by atoms with van der Waals surface area (Å²) in [6, 6.07) is -0.473. The van der Waals surface area contributed by atoms with E-state index >= 15 is 0 Å². The molecule has 4 N–H and O–H groups in total. The molecule has 1 amide bonds. The molecule has 4 heteroatoms. The summed E-state index contributed by atoms with van der Waals surface area (Å²) in [6.45, 7) is 5.71. The molecule has 0 aromatic heterocycles. The molecule has 84 valence electrons. The number of aliphatic hydroxyl groups is 1. The highest BCUT2D eigenvalue weighted by Crippen LogP contribution is 2.14. The molecule has 0 radical (unpaired) electrons. The van der Waals surface area contributed by atoms with Crippen molar-refractivity contribution in [3.05, 3.63) is 0 Å². The van der Waals surface area contributed by atoms with Gasteiger partial charge in [0, 0.05) is 0 Å². The number of nitrogens with two attached hydrogens (primary N) is 1. The fourth-order valence-corrected chi connectivity index (χ4v) is 1.23. The Morgan fingerprint density at radius 3 is 2.21 bits per heavy atom. The summed E-state index contributed by atoms with van der Waals surface area (Å²) < 4.78 is 0. The van der Waals surface area contributed by atoms with Crippen LogP contribution in [0.25, 0.3) is 0 Å². The minimum atomic E-state index is -0.496. The highest BCUT2D eigenvalue weighted by molar-refractivity contribution is 5.82. The Hall–Kier alpha value is -0.610. The summed E-state index contributed by atoms with van der Waals surface area (Å²) in [7, 11) is 0. The SMILES string of the molecule is CCC(N)C(=O)NC(CC)(CC)CO. The first-order chi connectivity index (χ1) is 6.55. The van der Waals surface area contributed by atoms with Crippen LogP contribution in [0, 0.1) is 0 Å². The van der Waals surface area contributed by atoms with Gasteiger partial charge in [-0.3, -0.25) is 4.79 Å². The lowest BCUT2D eigenvalue weighted by Gasteiger charge is -2.31. The van der Waals surface area contributed by atoms with Crippen LogP contribution >= 0.6 is 0 Å². The summed E-state index contributed by atoms with van der Waals surface area (Å²) in [5, 5.41) is 12.0. The topological polar surface area (TPSA) is 75.4 Å². The van der Waals surface area contributed by atoms with Crippen LogP contribution in [0.4, 0.5) is 0 Å². The van der Waals surface area contributed by atoms with Crippen LogP contribution in [0.3, 0.4) is 0 Å². The van der Waals surface area contributed by atoms with Gasteiger partial charge in [-0.15, -0.1) is 0 Å². The Bertz CT molecular complexity index is 171. The fraction of sp³-hybridized carbons (Fsp3) is 0.900. The molecule has 14 heavy (non-hydrogen) atoms. The third-order valence-electron chi connectivity index (χ3n) is 2.82. The van der Waals surface area contributed by atoms with E-state index in [1.165, 1.54) is 0 Å². The number of carbonyl (C=O) groups is 1. The predicted octanol–water partition coefficient (Wildman–Crippen LogP) is 0.391. The van der Waals surface area contributed by atoms with Crippen LogP contribution in [-0.2, 0) is 4.79 Å². The van der Waals surface area contributed by atoms with E-state index in [9.17, 15) is 9.90 Å². The molecule has 1 atom stereocenters. The van der Waals surface area contributed by atoms with Crippen molar-refractivity contribution in [2.45, 2.75) is 51.6 Å². The standard InChI is InChI=1S/C10H22N2O2/c1-4-8(11)9(14)12-10(5-2,6-3)7-13/h8,13H,4-7,11H2,1-3H3,(H,12,14). The Balaban J connectivity index is 4.37. The highest BCUT2D eigenvalue weighted by Gasteiger charge is 2.28. The van der Waals surface area contributed by atoms with E-state index in [2.05, 4.69) is 5.32 Å². The molecular formula is C10H22N2O2. The largest absolute Gasteiger partial charge is 0.394 e. The van der Waals surface area contributed by atoms with Gasteiger partial charge in [-0.25, -0.2) is 0 Å². The van der Waals surface area contributed by atoms with Gasteiger partial charge in [-0.2, -0.15) is 0 Å². The fourth-order valence-electron chi connectivity index (χ4n) is 1.23. The molecule has 0 spiro atoms. The number of rotatable bonds is 6. The van der Waals surface area contributed by atoms with Gasteiger partial charge in [0.05, 0.1) is 18.2 Å². The monoisotopic (exact) mass is 202 g/mol. The number of carbonyl (C=O) groups excluding carboxylic acids is 1. The van der Waals surface area contributed by atoms with E-state index in [-0.39, 0.29) is 12.5 Å². The second-order valence-electron chi connectivity index (χ2n) is 3.65. The molecule has 4 nitrogen and oxygen atoms in total. The number of hydrogen-bond acceptors (Lipinski definition) is 3. The van der Waals surface area contributed by atoms with E-state index in [4.69, 9.17) is 5.73 Å². The van der Waals surface area contributed by atoms with Crippen LogP contribution < -0.4 is 11.1 Å². The zero-order valence-corrected chi connectivity index (χ0v) is 9.34. The van der Waals surface area contributed by atoms with Gasteiger partial charge in [-0.05, 0) is 19.3 Å². The Morgan fingerprint density at radius 1 is 1.43 bits per heavy atom. The van der Waals surface area contributed by atoms with Crippen molar-refractivity contribution in [2.24, 2.45) is 5.73 Å². The minimum absolute atomic E-state index is 0.0395. The number of hydrogen-bond donors (Lipinski definition) is 3. The van der Waals surface area contributed by atoms with E-state index < -0.39 is 11.6 Å². The molecule has 0 aliphatic heterocycles. The Morgan fingerprint density at radius 2 is 1.93 bits per heavy atom. The second kappa shape index (κ2) is 5.98. The molecule has 0 aromatic carbocycles. The quantitative estimate of drug-likeness (QED) is 0.583. The molecule has 0 aromatic rings. The van der Waals surface area contributed by atoms with Crippen LogP contribution in [0.1, 0.15) is 40.0 Å². The molecule has 0 aliphatic rings. The molecule has 0 saturated carbocycles. The first kappa shape index (κ1) is 13.4. The minimum Gasteiger partial charge on any atom is -0.394 e. The van der Waals surface area contributed by atoms with Gasteiger partial charge >= 0.3 is 0 Å². The summed E-state index contributed by atoms with van der Waals surface area (Å²) >= 11 is 0. The molecule has 0 fully saturated rings. The molecular weight excluding hydrogens is 180 g/mol. The summed E-state index contributed by atoms with van der Waals surface area (Å²) in [4.78, 5) is 11.5. The Labute approximate surface area is 85.9 Å². The lowest BCUT2D eigenvalue weighted by Crippen LogP contribution is -2.55. The average molecular weight is 202 g/mol. The molecule has 0 aliphatic carbocycles. The normalized spacial score (nSPS) is 13.8. The molecule has 1 unspecified atom stereocenters. The van der Waals surface area contributed by atoms with Crippen LogP contribution in [0.15, 0.2) is 0 Å². The van der Waals surface area contributed by atoms with Crippen molar-refractivity contribution in [2.75, 3.05) is 6.61 Å². The lowest BCUT2D eigenvalue weighted by molar-refractivity contribution is -0.125. The molecule has 0 rings (SSSR count). The molecule has 0 bridgehead atoms. The van der Waals surface area contributed by atoms with E-state index in [0.717, 1.165) is 0 Å². The van der Waals surface area contributed by atoms with E-state index in [1.807, 2.05) is 20.8 Å². The maximum absolute atomic E-state index is 11.5. The van der Waals surface area contributed by atoms with Crippen LogP contribution in [0.5, 0.6) is 0 Å². The van der Waals surface area contributed by atoms with E-state index in [0.29, 0.717) is 19.3 Å². The maximum Gasteiger partial charge on any atom is 0.237 e. The summed E-state index contributed by atoms with van der Waals surface area (Å²) in [5.41, 5.74) is 5.10. The zero-order chi connectivity index (χ0) is 11.2. The number of nitrogens with one attached hydrogen (secondary N) is 1.